The third-order valence-corrected chi connectivity index (χ3v) is 6.44. The molecule has 2 amide bonds. The predicted octanol–water partition coefficient (Wildman–Crippen LogP) is 6.74. The van der Waals surface area contributed by atoms with Crippen LogP contribution in [0.4, 0.5) is 16.2 Å². The molecule has 8 nitrogen and oxygen atoms in total. The first kappa shape index (κ1) is 23.7. The number of imidazole rings is 1. The smallest absolute Gasteiger partial charge is 0.323 e. The second kappa shape index (κ2) is 9.93. The van der Waals surface area contributed by atoms with Crippen molar-refractivity contribution < 1.29 is 9.53 Å². The van der Waals surface area contributed by atoms with E-state index in [-0.39, 0.29) is 0 Å². The first-order chi connectivity index (χ1) is 17.4. The molecule has 0 saturated heterocycles. The van der Waals surface area contributed by atoms with Gasteiger partial charge in [-0.25, -0.2) is 14.5 Å². The number of benzene rings is 3. The van der Waals surface area contributed by atoms with E-state index in [9.17, 15) is 4.79 Å². The molecule has 0 aliphatic carbocycles. The van der Waals surface area contributed by atoms with Gasteiger partial charge in [0.2, 0.25) is 0 Å². The minimum absolute atomic E-state index is 0.363. The molecule has 0 atom stereocenters. The number of fused-ring (bicyclic) bond motifs is 1. The van der Waals surface area contributed by atoms with Crippen molar-refractivity contribution >= 4 is 51.8 Å². The maximum absolute atomic E-state index is 12.5. The Balaban J connectivity index is 1.35. The van der Waals surface area contributed by atoms with Gasteiger partial charge in [0.1, 0.15) is 17.1 Å². The van der Waals surface area contributed by atoms with Crippen LogP contribution >= 0.6 is 23.2 Å². The van der Waals surface area contributed by atoms with Crippen LogP contribution in [0, 0.1) is 6.92 Å². The van der Waals surface area contributed by atoms with Crippen molar-refractivity contribution in [1.82, 2.24) is 19.7 Å². The van der Waals surface area contributed by atoms with Crippen LogP contribution in [0.3, 0.4) is 0 Å². The van der Waals surface area contributed by atoms with Gasteiger partial charge >= 0.3 is 6.03 Å². The number of halogens is 2. The molecule has 5 aromatic rings. The van der Waals surface area contributed by atoms with Gasteiger partial charge in [0, 0.05) is 16.9 Å². The van der Waals surface area contributed by atoms with Crippen LogP contribution in [0.1, 0.15) is 11.1 Å². The minimum Gasteiger partial charge on any atom is -0.497 e. The Labute approximate surface area is 217 Å². The SMILES string of the molecule is COc1ccc(Cn2ncc3[nH]c(-c4cc(NC(=O)Nc5ccc(Cl)c(Cl)c5)ccc4C)nc32)cc1. The molecule has 2 aromatic heterocycles. The third kappa shape index (κ3) is 5.00. The van der Waals surface area contributed by atoms with Crippen molar-refractivity contribution in [3.8, 4) is 17.1 Å². The molecule has 5 rings (SSSR count). The summed E-state index contributed by atoms with van der Waals surface area (Å²) in [5.41, 5.74) is 5.69. The number of hydrogen-bond acceptors (Lipinski definition) is 4. The van der Waals surface area contributed by atoms with Gasteiger partial charge in [-0.1, -0.05) is 41.4 Å². The van der Waals surface area contributed by atoms with Gasteiger partial charge in [-0.15, -0.1) is 0 Å². The fourth-order valence-electron chi connectivity index (χ4n) is 3.82. The van der Waals surface area contributed by atoms with Crippen molar-refractivity contribution in [2.75, 3.05) is 17.7 Å². The number of carbonyl (C=O) groups excluding carboxylic acids is 1. The molecule has 0 unspecified atom stereocenters. The summed E-state index contributed by atoms with van der Waals surface area (Å²) in [7, 11) is 1.64. The summed E-state index contributed by atoms with van der Waals surface area (Å²) in [5.74, 6) is 1.50. The number of anilines is 2. The van der Waals surface area contributed by atoms with Gasteiger partial charge < -0.3 is 20.4 Å². The molecule has 0 aliphatic heterocycles. The Morgan fingerprint density at radius 2 is 1.72 bits per heavy atom. The fourth-order valence-corrected chi connectivity index (χ4v) is 4.11. The second-order valence-corrected chi connectivity index (χ2v) is 9.03. The summed E-state index contributed by atoms with van der Waals surface area (Å²) in [6, 6.07) is 18.0. The molecule has 0 bridgehead atoms. The molecule has 36 heavy (non-hydrogen) atoms. The van der Waals surface area contributed by atoms with Crippen LogP contribution in [0.5, 0.6) is 5.75 Å². The van der Waals surface area contributed by atoms with Gasteiger partial charge in [0.05, 0.1) is 29.9 Å². The van der Waals surface area contributed by atoms with Crippen molar-refractivity contribution in [2.24, 2.45) is 0 Å². The Morgan fingerprint density at radius 1 is 1.00 bits per heavy atom. The maximum atomic E-state index is 12.5. The molecule has 10 heteroatoms. The lowest BCUT2D eigenvalue weighted by atomic mass is 10.1. The average Bonchev–Trinajstić information content (AvgIpc) is 3.45. The summed E-state index contributed by atoms with van der Waals surface area (Å²) < 4.78 is 7.08. The number of aromatic amines is 1. The molecule has 0 saturated carbocycles. The number of amides is 2. The number of urea groups is 1. The number of H-pyrrole nitrogens is 1. The topological polar surface area (TPSA) is 96.9 Å². The highest BCUT2D eigenvalue weighted by Crippen LogP contribution is 2.28. The number of aryl methyl sites for hydroxylation is 1. The number of carbonyl (C=O) groups is 1. The largest absolute Gasteiger partial charge is 0.497 e. The number of methoxy groups -OCH3 is 1. The first-order valence-electron chi connectivity index (χ1n) is 11.1. The second-order valence-electron chi connectivity index (χ2n) is 8.21. The lowest BCUT2D eigenvalue weighted by Gasteiger charge is -2.11. The third-order valence-electron chi connectivity index (χ3n) is 5.70. The van der Waals surface area contributed by atoms with E-state index in [1.165, 1.54) is 0 Å². The van der Waals surface area contributed by atoms with Gasteiger partial charge in [0.25, 0.3) is 0 Å². The zero-order chi connectivity index (χ0) is 25.2. The van der Waals surface area contributed by atoms with E-state index in [1.807, 2.05) is 54.1 Å². The summed E-state index contributed by atoms with van der Waals surface area (Å²) in [6.45, 7) is 2.57. The van der Waals surface area contributed by atoms with Crippen molar-refractivity contribution in [1.29, 1.82) is 0 Å². The lowest BCUT2D eigenvalue weighted by molar-refractivity contribution is 0.262. The monoisotopic (exact) mass is 520 g/mol. The van der Waals surface area contributed by atoms with Crippen LogP contribution in [-0.2, 0) is 6.54 Å². The van der Waals surface area contributed by atoms with E-state index in [4.69, 9.17) is 32.9 Å². The molecule has 3 N–H and O–H groups in total. The van der Waals surface area contributed by atoms with Crippen LogP contribution in [0.15, 0.2) is 66.9 Å². The molecule has 0 spiro atoms. The van der Waals surface area contributed by atoms with E-state index in [1.54, 1.807) is 31.5 Å². The van der Waals surface area contributed by atoms with Crippen molar-refractivity contribution in [3.63, 3.8) is 0 Å². The Bertz CT molecular complexity index is 1560. The van der Waals surface area contributed by atoms with E-state index in [0.717, 1.165) is 33.6 Å². The summed E-state index contributed by atoms with van der Waals surface area (Å²) >= 11 is 12.0. The van der Waals surface area contributed by atoms with Gasteiger partial charge in [0.15, 0.2) is 5.65 Å². The van der Waals surface area contributed by atoms with E-state index < -0.39 is 6.03 Å². The van der Waals surface area contributed by atoms with Crippen molar-refractivity contribution in [3.05, 3.63) is 88.0 Å². The standard InChI is InChI=1S/C26H22Cl2N6O2/c1-15-3-6-17(30-26(35)31-18-7-10-21(27)22(28)12-18)11-20(15)24-32-23-13-29-34(25(23)33-24)14-16-4-8-19(36-2)9-5-16/h3-13H,14H2,1-2H3,(H,32,33)(H2,30,31,35). The van der Waals surface area contributed by atoms with E-state index >= 15 is 0 Å². The molecule has 3 aromatic carbocycles. The molecular weight excluding hydrogens is 499 g/mol. The molecule has 182 valence electrons. The van der Waals surface area contributed by atoms with Crippen LogP contribution in [0.2, 0.25) is 10.0 Å². The van der Waals surface area contributed by atoms with Gasteiger partial charge in [-0.2, -0.15) is 5.10 Å². The maximum Gasteiger partial charge on any atom is 0.323 e. The molecule has 0 radical (unpaired) electrons. The number of nitrogens with one attached hydrogen (secondary N) is 3. The number of ether oxygens (including phenoxy) is 1. The molecule has 0 aliphatic rings. The summed E-state index contributed by atoms with van der Waals surface area (Å²) in [5, 5.41) is 10.8. The zero-order valence-corrected chi connectivity index (χ0v) is 21.0. The quantitative estimate of drug-likeness (QED) is 0.231. The Kier molecular flexibility index (Phi) is 6.54. The minimum atomic E-state index is -0.400. The zero-order valence-electron chi connectivity index (χ0n) is 19.5. The highest BCUT2D eigenvalue weighted by molar-refractivity contribution is 6.42. The molecule has 0 fully saturated rings. The van der Waals surface area contributed by atoms with Crippen LogP contribution in [-0.4, -0.2) is 32.9 Å². The van der Waals surface area contributed by atoms with E-state index in [0.29, 0.717) is 33.8 Å². The highest BCUT2D eigenvalue weighted by Gasteiger charge is 2.14. The van der Waals surface area contributed by atoms with Gasteiger partial charge in [-0.3, -0.25) is 0 Å². The molecular formula is C26H22Cl2N6O2. The predicted molar refractivity (Wildman–Crippen MR) is 143 cm³/mol. The Morgan fingerprint density at radius 3 is 2.44 bits per heavy atom. The average molecular weight is 521 g/mol. The number of nitrogens with zero attached hydrogens (tertiary/aromatic N) is 3. The number of hydrogen-bond donors (Lipinski definition) is 3. The summed E-state index contributed by atoms with van der Waals surface area (Å²) in [4.78, 5) is 20.7. The van der Waals surface area contributed by atoms with Crippen molar-refractivity contribution in [2.45, 2.75) is 13.5 Å². The highest BCUT2D eigenvalue weighted by atomic mass is 35.5. The lowest BCUT2D eigenvalue weighted by Crippen LogP contribution is -2.19. The number of rotatable bonds is 6. The van der Waals surface area contributed by atoms with Crippen LogP contribution < -0.4 is 15.4 Å². The first-order valence-corrected chi connectivity index (χ1v) is 11.8. The van der Waals surface area contributed by atoms with Crippen LogP contribution in [0.25, 0.3) is 22.6 Å². The van der Waals surface area contributed by atoms with E-state index in [2.05, 4.69) is 20.7 Å². The fraction of sp³-hybridized carbons (Fsp3) is 0.115. The normalized spacial score (nSPS) is 11.0. The summed E-state index contributed by atoms with van der Waals surface area (Å²) in [6.07, 6.45) is 1.76. The number of aromatic nitrogens is 4. The Hall–Kier alpha value is -4.01. The van der Waals surface area contributed by atoms with Gasteiger partial charge in [-0.05, 0) is 60.5 Å². The molecule has 2 heterocycles.